The number of ether oxygens (including phenoxy) is 1. The maximum atomic E-state index is 12.3. The molecule has 0 spiro atoms. The fourth-order valence-corrected chi connectivity index (χ4v) is 2.55. The van der Waals surface area contributed by atoms with Crippen molar-refractivity contribution in [2.75, 3.05) is 19.0 Å². The second-order valence-corrected chi connectivity index (χ2v) is 5.97. The number of amides is 1. The molecule has 0 unspecified atom stereocenters. The Morgan fingerprint density at radius 2 is 2.11 bits per heavy atom. The van der Waals surface area contributed by atoms with Crippen LogP contribution in [0.4, 0.5) is 11.4 Å². The molecular weight excluding hydrogens is 384 g/mol. The summed E-state index contributed by atoms with van der Waals surface area (Å²) in [6.07, 6.45) is 1.93. The minimum atomic E-state index is -0.667. The first-order chi connectivity index (χ1) is 13.5. The molecule has 0 saturated heterocycles. The monoisotopic (exact) mass is 400 g/mol. The molecule has 2 N–H and O–H groups in total. The summed E-state index contributed by atoms with van der Waals surface area (Å²) in [4.78, 5) is 22.5. The van der Waals surface area contributed by atoms with Gasteiger partial charge in [0.1, 0.15) is 17.4 Å². The second-order valence-electron chi connectivity index (χ2n) is 5.56. The number of non-ortho nitro benzene ring substituents is 1. The van der Waals surface area contributed by atoms with E-state index in [1.165, 1.54) is 31.5 Å². The minimum absolute atomic E-state index is 0.117. The minimum Gasteiger partial charge on any atom is -0.494 e. The van der Waals surface area contributed by atoms with Crippen molar-refractivity contribution in [2.45, 2.75) is 6.42 Å². The van der Waals surface area contributed by atoms with Gasteiger partial charge in [-0.2, -0.15) is 5.26 Å². The number of rotatable bonds is 8. The maximum Gasteiger partial charge on any atom is 0.273 e. The first-order valence-corrected chi connectivity index (χ1v) is 8.55. The molecule has 0 saturated carbocycles. The molecule has 0 bridgehead atoms. The van der Waals surface area contributed by atoms with E-state index in [1.807, 2.05) is 24.3 Å². The van der Waals surface area contributed by atoms with Gasteiger partial charge in [0.2, 0.25) is 0 Å². The summed E-state index contributed by atoms with van der Waals surface area (Å²) in [5.74, 6) is -0.550. The van der Waals surface area contributed by atoms with Gasteiger partial charge in [-0.25, -0.2) is 0 Å². The Bertz CT molecular complexity index is 953. The van der Waals surface area contributed by atoms with Gasteiger partial charge in [0.05, 0.1) is 23.8 Å². The zero-order valence-electron chi connectivity index (χ0n) is 14.9. The van der Waals surface area contributed by atoms with Crippen molar-refractivity contribution < 1.29 is 14.5 Å². The topological polar surface area (TPSA) is 117 Å². The average Bonchev–Trinajstić information content (AvgIpc) is 2.69. The summed E-state index contributed by atoms with van der Waals surface area (Å²) in [5.41, 5.74) is 0.839. The summed E-state index contributed by atoms with van der Waals surface area (Å²) in [5, 5.41) is 26.1. The number of methoxy groups -OCH3 is 1. The van der Waals surface area contributed by atoms with Crippen molar-refractivity contribution in [3.63, 3.8) is 0 Å². The second kappa shape index (κ2) is 9.94. The molecule has 144 valence electrons. The molecule has 0 aliphatic heterocycles. The van der Waals surface area contributed by atoms with Crippen LogP contribution in [0, 0.1) is 21.4 Å². The van der Waals surface area contributed by atoms with E-state index in [0.29, 0.717) is 18.0 Å². The first-order valence-electron chi connectivity index (χ1n) is 8.17. The van der Waals surface area contributed by atoms with Gasteiger partial charge in [-0.1, -0.05) is 29.8 Å². The number of halogens is 1. The summed E-state index contributed by atoms with van der Waals surface area (Å²) in [7, 11) is 1.33. The number of nitriles is 1. The van der Waals surface area contributed by atoms with E-state index in [0.717, 1.165) is 5.56 Å². The predicted octanol–water partition coefficient (Wildman–Crippen LogP) is 3.44. The Morgan fingerprint density at radius 1 is 1.36 bits per heavy atom. The quantitative estimate of drug-likeness (QED) is 0.230. The maximum absolute atomic E-state index is 12.3. The third-order valence-corrected chi connectivity index (χ3v) is 4.12. The zero-order chi connectivity index (χ0) is 20.5. The largest absolute Gasteiger partial charge is 0.494 e. The number of nitrogens with one attached hydrogen (secondary N) is 2. The van der Waals surface area contributed by atoms with Gasteiger partial charge in [0, 0.05) is 23.8 Å². The predicted molar refractivity (Wildman–Crippen MR) is 105 cm³/mol. The van der Waals surface area contributed by atoms with Crippen molar-refractivity contribution >= 4 is 28.9 Å². The van der Waals surface area contributed by atoms with Crippen LogP contribution in [0.2, 0.25) is 5.02 Å². The summed E-state index contributed by atoms with van der Waals surface area (Å²) >= 11 is 6.08. The number of nitro benzene ring substituents is 1. The molecule has 0 fully saturated rings. The Kier molecular flexibility index (Phi) is 7.37. The number of hydrogen-bond donors (Lipinski definition) is 2. The van der Waals surface area contributed by atoms with Gasteiger partial charge >= 0.3 is 0 Å². The average molecular weight is 401 g/mol. The number of nitro groups is 1. The fraction of sp³-hybridized carbons (Fsp3) is 0.158. The van der Waals surface area contributed by atoms with Crippen molar-refractivity contribution in [3.8, 4) is 11.8 Å². The Labute approximate surface area is 166 Å². The lowest BCUT2D eigenvalue weighted by Gasteiger charge is -2.10. The van der Waals surface area contributed by atoms with Crippen molar-refractivity contribution in [1.29, 1.82) is 5.26 Å². The summed E-state index contributed by atoms with van der Waals surface area (Å²) < 4.78 is 5.06. The highest BCUT2D eigenvalue weighted by atomic mass is 35.5. The Morgan fingerprint density at radius 3 is 2.75 bits per heavy atom. The van der Waals surface area contributed by atoms with E-state index in [9.17, 15) is 20.2 Å². The standard InChI is InChI=1S/C19H17ClN4O4/c1-28-18-10-15(24(26)27)6-7-17(18)23-19(25)14(11-21)12-22-9-8-13-4-2-3-5-16(13)20/h2-7,10,12,22H,8-9H2,1H3,(H,23,25)/b14-12-. The van der Waals surface area contributed by atoms with Crippen molar-refractivity contribution in [1.82, 2.24) is 5.32 Å². The molecule has 9 heteroatoms. The normalized spacial score (nSPS) is 10.7. The van der Waals surface area contributed by atoms with E-state index in [4.69, 9.17) is 16.3 Å². The zero-order valence-corrected chi connectivity index (χ0v) is 15.7. The number of carbonyl (C=O) groups excluding carboxylic acids is 1. The highest BCUT2D eigenvalue weighted by Crippen LogP contribution is 2.29. The van der Waals surface area contributed by atoms with Crippen LogP contribution in [-0.4, -0.2) is 24.5 Å². The van der Waals surface area contributed by atoms with Crippen LogP contribution >= 0.6 is 11.6 Å². The van der Waals surface area contributed by atoms with E-state index < -0.39 is 10.8 Å². The summed E-state index contributed by atoms with van der Waals surface area (Å²) in [6.45, 7) is 0.475. The van der Waals surface area contributed by atoms with Crippen molar-refractivity contribution in [2.24, 2.45) is 0 Å². The molecule has 8 nitrogen and oxygen atoms in total. The van der Waals surface area contributed by atoms with Crippen LogP contribution in [0.15, 0.2) is 54.2 Å². The lowest BCUT2D eigenvalue weighted by atomic mass is 10.1. The molecule has 0 aliphatic rings. The highest BCUT2D eigenvalue weighted by Gasteiger charge is 2.15. The van der Waals surface area contributed by atoms with Crippen LogP contribution in [-0.2, 0) is 11.2 Å². The SMILES string of the molecule is COc1cc([N+](=O)[O-])ccc1NC(=O)/C(C#N)=C\NCCc1ccccc1Cl. The number of hydrogen-bond acceptors (Lipinski definition) is 6. The third kappa shape index (κ3) is 5.46. The third-order valence-electron chi connectivity index (χ3n) is 3.75. The van der Waals surface area contributed by atoms with Gasteiger partial charge in [0.15, 0.2) is 0 Å². The first kappa shape index (κ1) is 20.7. The Balaban J connectivity index is 2.01. The van der Waals surface area contributed by atoms with Gasteiger partial charge < -0.3 is 15.4 Å². The van der Waals surface area contributed by atoms with Crippen LogP contribution in [0.5, 0.6) is 5.75 Å². The summed E-state index contributed by atoms with van der Waals surface area (Å²) in [6, 6.07) is 13.0. The molecule has 1 amide bonds. The van der Waals surface area contributed by atoms with Crippen molar-refractivity contribution in [3.05, 3.63) is 74.9 Å². The van der Waals surface area contributed by atoms with Gasteiger partial charge in [-0.05, 0) is 24.1 Å². The van der Waals surface area contributed by atoms with Crippen LogP contribution in [0.3, 0.4) is 0 Å². The number of nitrogens with zero attached hydrogens (tertiary/aromatic N) is 2. The molecule has 2 rings (SSSR count). The van der Waals surface area contributed by atoms with E-state index in [2.05, 4.69) is 10.6 Å². The van der Waals surface area contributed by atoms with Gasteiger partial charge in [0.25, 0.3) is 11.6 Å². The highest BCUT2D eigenvalue weighted by molar-refractivity contribution is 6.31. The number of carbonyl (C=O) groups is 1. The molecule has 0 aromatic heterocycles. The molecule has 0 aliphatic carbocycles. The van der Waals surface area contributed by atoms with Gasteiger partial charge in [-0.3, -0.25) is 14.9 Å². The Hall–Kier alpha value is -3.57. The van der Waals surface area contributed by atoms with Gasteiger partial charge in [-0.15, -0.1) is 0 Å². The number of benzene rings is 2. The van der Waals surface area contributed by atoms with Crippen LogP contribution in [0.25, 0.3) is 0 Å². The molecule has 0 radical (unpaired) electrons. The smallest absolute Gasteiger partial charge is 0.273 e. The molecule has 0 atom stereocenters. The molecule has 2 aromatic rings. The molecular formula is C19H17ClN4O4. The fourth-order valence-electron chi connectivity index (χ4n) is 2.32. The molecule has 0 heterocycles. The van der Waals surface area contributed by atoms with E-state index in [1.54, 1.807) is 6.07 Å². The van der Waals surface area contributed by atoms with E-state index >= 15 is 0 Å². The molecule has 2 aromatic carbocycles. The number of anilines is 1. The molecule has 28 heavy (non-hydrogen) atoms. The lowest BCUT2D eigenvalue weighted by Crippen LogP contribution is -2.18. The van der Waals surface area contributed by atoms with Crippen LogP contribution < -0.4 is 15.4 Å². The van der Waals surface area contributed by atoms with Crippen LogP contribution in [0.1, 0.15) is 5.56 Å². The van der Waals surface area contributed by atoms with E-state index in [-0.39, 0.29) is 22.7 Å². The lowest BCUT2D eigenvalue weighted by molar-refractivity contribution is -0.384.